The average Bonchev–Trinajstić information content (AvgIpc) is 2.97. The summed E-state index contributed by atoms with van der Waals surface area (Å²) in [5.74, 6) is -0.177. The van der Waals surface area contributed by atoms with Crippen molar-refractivity contribution < 1.29 is 4.79 Å². The molecule has 6 heteroatoms. The lowest BCUT2D eigenvalue weighted by Crippen LogP contribution is -2.11. The van der Waals surface area contributed by atoms with E-state index in [9.17, 15) is 4.79 Å². The van der Waals surface area contributed by atoms with E-state index in [1.165, 1.54) is 0 Å². The number of amides is 1. The molecule has 2 aromatic carbocycles. The topological polar surface area (TPSA) is 46.9 Å². The molecule has 1 amide bonds. The molecule has 0 saturated carbocycles. The standard InChI is InChI=1S/C17H13BrClN3O/c18-14-6-3-5-12(8-14)17(23)21-15-9-20-22(11-15)10-13-4-1-2-7-16(13)19/h1-9,11H,10H2,(H,21,23). The molecule has 3 rings (SSSR count). The number of carbonyl (C=O) groups excluding carboxylic acids is 1. The molecule has 23 heavy (non-hydrogen) atoms. The molecule has 0 aliphatic rings. The van der Waals surface area contributed by atoms with Crippen molar-refractivity contribution in [3.05, 3.63) is 81.5 Å². The molecule has 0 unspecified atom stereocenters. The molecule has 0 atom stereocenters. The second-order valence-corrected chi connectivity index (χ2v) is 6.31. The summed E-state index contributed by atoms with van der Waals surface area (Å²) in [4.78, 5) is 12.2. The lowest BCUT2D eigenvalue weighted by Gasteiger charge is -2.04. The zero-order chi connectivity index (χ0) is 16.2. The average molecular weight is 391 g/mol. The molecule has 0 radical (unpaired) electrons. The highest BCUT2D eigenvalue weighted by Crippen LogP contribution is 2.17. The van der Waals surface area contributed by atoms with Gasteiger partial charge in [-0.25, -0.2) is 0 Å². The third-order valence-electron chi connectivity index (χ3n) is 3.27. The molecule has 0 aliphatic heterocycles. The lowest BCUT2D eigenvalue weighted by atomic mass is 10.2. The molecular weight excluding hydrogens is 378 g/mol. The van der Waals surface area contributed by atoms with E-state index >= 15 is 0 Å². The molecule has 1 N–H and O–H groups in total. The van der Waals surface area contributed by atoms with E-state index in [4.69, 9.17) is 11.6 Å². The van der Waals surface area contributed by atoms with Crippen LogP contribution in [0, 0.1) is 0 Å². The fraction of sp³-hybridized carbons (Fsp3) is 0.0588. The Morgan fingerprint density at radius 2 is 2.04 bits per heavy atom. The predicted octanol–water partition coefficient (Wildman–Crippen LogP) is 4.60. The highest BCUT2D eigenvalue weighted by molar-refractivity contribution is 9.10. The van der Waals surface area contributed by atoms with Crippen LogP contribution in [0.1, 0.15) is 15.9 Å². The number of aromatic nitrogens is 2. The number of nitrogens with zero attached hydrogens (tertiary/aromatic N) is 2. The Bertz CT molecular complexity index is 847. The minimum atomic E-state index is -0.177. The quantitative estimate of drug-likeness (QED) is 0.708. The third-order valence-corrected chi connectivity index (χ3v) is 4.13. The van der Waals surface area contributed by atoms with E-state index in [-0.39, 0.29) is 5.91 Å². The zero-order valence-corrected chi connectivity index (χ0v) is 14.4. The summed E-state index contributed by atoms with van der Waals surface area (Å²) < 4.78 is 2.59. The van der Waals surface area contributed by atoms with Gasteiger partial charge in [-0.1, -0.05) is 51.8 Å². The van der Waals surface area contributed by atoms with Gasteiger partial charge >= 0.3 is 0 Å². The first-order valence-electron chi connectivity index (χ1n) is 6.94. The monoisotopic (exact) mass is 389 g/mol. The number of anilines is 1. The number of halogens is 2. The van der Waals surface area contributed by atoms with E-state index < -0.39 is 0 Å². The van der Waals surface area contributed by atoms with Crippen LogP contribution in [0.5, 0.6) is 0 Å². The Hall–Kier alpha value is -2.11. The van der Waals surface area contributed by atoms with Crippen LogP contribution in [0.4, 0.5) is 5.69 Å². The smallest absolute Gasteiger partial charge is 0.255 e. The summed E-state index contributed by atoms with van der Waals surface area (Å²) in [5, 5.41) is 7.78. The van der Waals surface area contributed by atoms with Gasteiger partial charge in [0.25, 0.3) is 5.91 Å². The molecular formula is C17H13BrClN3O. The minimum Gasteiger partial charge on any atom is -0.319 e. The summed E-state index contributed by atoms with van der Waals surface area (Å²) in [7, 11) is 0. The van der Waals surface area contributed by atoms with Crippen LogP contribution in [0.3, 0.4) is 0 Å². The Kier molecular flexibility index (Phi) is 4.79. The Labute approximate surface area is 147 Å². The number of nitrogens with one attached hydrogen (secondary N) is 1. The molecule has 0 bridgehead atoms. The summed E-state index contributed by atoms with van der Waals surface area (Å²) >= 11 is 9.50. The van der Waals surface area contributed by atoms with Gasteiger partial charge in [0.15, 0.2) is 0 Å². The molecule has 0 fully saturated rings. The maximum Gasteiger partial charge on any atom is 0.255 e. The highest BCUT2D eigenvalue weighted by atomic mass is 79.9. The third kappa shape index (κ3) is 4.00. The second kappa shape index (κ2) is 6.98. The molecule has 0 saturated heterocycles. The number of hydrogen-bond acceptors (Lipinski definition) is 2. The van der Waals surface area contributed by atoms with Gasteiger partial charge in [0, 0.05) is 21.3 Å². The van der Waals surface area contributed by atoms with Crippen LogP contribution in [0.2, 0.25) is 5.02 Å². The van der Waals surface area contributed by atoms with Gasteiger partial charge in [-0.05, 0) is 29.8 Å². The second-order valence-electron chi connectivity index (χ2n) is 4.98. The van der Waals surface area contributed by atoms with Crippen molar-refractivity contribution >= 4 is 39.1 Å². The number of rotatable bonds is 4. The van der Waals surface area contributed by atoms with Crippen LogP contribution >= 0.6 is 27.5 Å². The van der Waals surface area contributed by atoms with Gasteiger partial charge in [-0.15, -0.1) is 0 Å². The van der Waals surface area contributed by atoms with Crippen molar-refractivity contribution in [2.24, 2.45) is 0 Å². The van der Waals surface area contributed by atoms with Crippen molar-refractivity contribution in [1.29, 1.82) is 0 Å². The first-order chi connectivity index (χ1) is 11.1. The fourth-order valence-corrected chi connectivity index (χ4v) is 2.74. The van der Waals surface area contributed by atoms with Crippen LogP contribution in [0.15, 0.2) is 65.4 Å². The van der Waals surface area contributed by atoms with E-state index in [1.54, 1.807) is 29.2 Å². The van der Waals surface area contributed by atoms with Crippen molar-refractivity contribution in [3.63, 3.8) is 0 Å². The van der Waals surface area contributed by atoms with Gasteiger partial charge in [-0.3, -0.25) is 9.48 Å². The number of carbonyl (C=O) groups is 1. The van der Waals surface area contributed by atoms with Crippen LogP contribution in [0.25, 0.3) is 0 Å². The van der Waals surface area contributed by atoms with E-state index in [0.717, 1.165) is 10.0 Å². The van der Waals surface area contributed by atoms with Gasteiger partial charge in [0.1, 0.15) is 0 Å². The van der Waals surface area contributed by atoms with E-state index in [2.05, 4.69) is 26.3 Å². The van der Waals surface area contributed by atoms with Crippen LogP contribution in [-0.4, -0.2) is 15.7 Å². The molecule has 0 spiro atoms. The lowest BCUT2D eigenvalue weighted by molar-refractivity contribution is 0.102. The van der Waals surface area contributed by atoms with Gasteiger partial charge in [0.2, 0.25) is 0 Å². The van der Waals surface area contributed by atoms with E-state index in [0.29, 0.717) is 22.8 Å². The summed E-state index contributed by atoms with van der Waals surface area (Å²) in [5.41, 5.74) is 2.20. The number of benzene rings is 2. The molecule has 3 aromatic rings. The van der Waals surface area contributed by atoms with Gasteiger partial charge < -0.3 is 5.32 Å². The molecule has 116 valence electrons. The number of hydrogen-bond donors (Lipinski definition) is 1. The first kappa shape index (κ1) is 15.8. The fourth-order valence-electron chi connectivity index (χ4n) is 2.15. The Morgan fingerprint density at radius 1 is 1.22 bits per heavy atom. The molecule has 4 nitrogen and oxygen atoms in total. The summed E-state index contributed by atoms with van der Waals surface area (Å²) in [6, 6.07) is 14.8. The molecule has 1 heterocycles. The first-order valence-corrected chi connectivity index (χ1v) is 8.12. The minimum absolute atomic E-state index is 0.177. The van der Waals surface area contributed by atoms with Crippen molar-refractivity contribution in [2.45, 2.75) is 6.54 Å². The van der Waals surface area contributed by atoms with Crippen LogP contribution < -0.4 is 5.32 Å². The van der Waals surface area contributed by atoms with Gasteiger partial charge in [0.05, 0.1) is 18.4 Å². The van der Waals surface area contributed by atoms with Crippen molar-refractivity contribution in [3.8, 4) is 0 Å². The summed E-state index contributed by atoms with van der Waals surface area (Å²) in [6.07, 6.45) is 3.39. The Balaban J connectivity index is 1.70. The maximum atomic E-state index is 12.2. The maximum absolute atomic E-state index is 12.2. The van der Waals surface area contributed by atoms with Crippen molar-refractivity contribution in [1.82, 2.24) is 9.78 Å². The highest BCUT2D eigenvalue weighted by Gasteiger charge is 2.08. The molecule has 0 aliphatic carbocycles. The largest absolute Gasteiger partial charge is 0.319 e. The predicted molar refractivity (Wildman–Crippen MR) is 94.9 cm³/mol. The SMILES string of the molecule is O=C(Nc1cnn(Cc2ccccc2Cl)c1)c1cccc(Br)c1. The Morgan fingerprint density at radius 3 is 2.83 bits per heavy atom. The normalized spacial score (nSPS) is 10.5. The zero-order valence-electron chi connectivity index (χ0n) is 12.0. The van der Waals surface area contributed by atoms with Crippen molar-refractivity contribution in [2.75, 3.05) is 5.32 Å². The van der Waals surface area contributed by atoms with Gasteiger partial charge in [-0.2, -0.15) is 5.10 Å². The summed E-state index contributed by atoms with van der Waals surface area (Å²) in [6.45, 7) is 0.548. The molecule has 1 aromatic heterocycles. The van der Waals surface area contributed by atoms with Crippen LogP contribution in [-0.2, 0) is 6.54 Å². The van der Waals surface area contributed by atoms with E-state index in [1.807, 2.05) is 36.4 Å².